The summed E-state index contributed by atoms with van der Waals surface area (Å²) in [6.45, 7) is 1.59. The topological polar surface area (TPSA) is 105 Å². The maximum absolute atomic E-state index is 12.8. The van der Waals surface area contributed by atoms with Crippen molar-refractivity contribution >= 4 is 41.0 Å². The number of hydrogen-bond acceptors (Lipinski definition) is 5. The van der Waals surface area contributed by atoms with Gasteiger partial charge in [0.2, 0.25) is 5.91 Å². The minimum Gasteiger partial charge on any atom is -0.441 e. The third-order valence-electron chi connectivity index (χ3n) is 5.09. The molecule has 1 saturated heterocycles. The zero-order valence-corrected chi connectivity index (χ0v) is 18.4. The maximum Gasteiger partial charge on any atom is 0.344 e. The summed E-state index contributed by atoms with van der Waals surface area (Å²) in [6.07, 6.45) is 1.62. The number of amides is 4. The van der Waals surface area contributed by atoms with E-state index in [1.807, 2.05) is 6.07 Å². The zero-order chi connectivity index (χ0) is 22.9. The molecule has 4 amide bonds. The van der Waals surface area contributed by atoms with Gasteiger partial charge in [0.1, 0.15) is 5.54 Å². The van der Waals surface area contributed by atoms with Crippen LogP contribution < -0.4 is 10.7 Å². The number of carbonyl (C=O) groups is 3. The van der Waals surface area contributed by atoms with E-state index < -0.39 is 23.4 Å². The molecular formula is C22H18Cl2N4O4. The first kappa shape index (κ1) is 21.9. The third-order valence-corrected chi connectivity index (χ3v) is 5.64. The number of hydrazine groups is 1. The number of benzene rings is 2. The standard InChI is InChI=1S/C22H18Cl2N4O4/c1-22(13-5-3-2-4-6-13)20(30)28(21(31)26-22)27-18(29)9-10-19-25-12-17(32-19)15-8-7-14(23)11-16(15)24/h2-8,11-12H,9-10H2,1H3,(H,26,31)(H,27,29). The summed E-state index contributed by atoms with van der Waals surface area (Å²) in [7, 11) is 0. The molecule has 3 aromatic rings. The van der Waals surface area contributed by atoms with Crippen molar-refractivity contribution in [2.75, 3.05) is 0 Å². The molecule has 4 rings (SSSR count). The largest absolute Gasteiger partial charge is 0.441 e. The normalized spacial score (nSPS) is 18.0. The number of urea groups is 1. The number of nitrogens with one attached hydrogen (secondary N) is 2. The number of rotatable bonds is 6. The van der Waals surface area contributed by atoms with Crippen LogP contribution >= 0.6 is 23.2 Å². The first-order valence-electron chi connectivity index (χ1n) is 9.70. The number of hydrogen-bond donors (Lipinski definition) is 2. The van der Waals surface area contributed by atoms with Gasteiger partial charge in [0.25, 0.3) is 5.91 Å². The molecule has 2 aromatic carbocycles. The predicted molar refractivity (Wildman–Crippen MR) is 118 cm³/mol. The van der Waals surface area contributed by atoms with E-state index in [-0.39, 0.29) is 12.8 Å². The molecule has 0 saturated carbocycles. The summed E-state index contributed by atoms with van der Waals surface area (Å²) in [5.74, 6) is -0.352. The highest BCUT2D eigenvalue weighted by Crippen LogP contribution is 2.31. The third kappa shape index (κ3) is 4.19. The van der Waals surface area contributed by atoms with Gasteiger partial charge in [-0.2, -0.15) is 5.01 Å². The van der Waals surface area contributed by atoms with Crippen LogP contribution in [-0.2, 0) is 21.5 Å². The van der Waals surface area contributed by atoms with Crippen LogP contribution in [0.3, 0.4) is 0 Å². The molecule has 1 unspecified atom stereocenters. The van der Waals surface area contributed by atoms with E-state index in [9.17, 15) is 14.4 Å². The molecule has 0 radical (unpaired) electrons. The van der Waals surface area contributed by atoms with Gasteiger partial charge in [-0.25, -0.2) is 9.78 Å². The SMILES string of the molecule is CC1(c2ccccc2)NC(=O)N(NC(=O)CCc2ncc(-c3ccc(Cl)cc3Cl)o2)C1=O. The molecule has 164 valence electrons. The summed E-state index contributed by atoms with van der Waals surface area (Å²) >= 11 is 12.1. The lowest BCUT2D eigenvalue weighted by molar-refractivity contribution is -0.139. The molecule has 1 aliphatic heterocycles. The Balaban J connectivity index is 1.38. The van der Waals surface area contributed by atoms with Crippen LogP contribution in [0, 0.1) is 0 Å². The second kappa shape index (κ2) is 8.64. The monoisotopic (exact) mass is 472 g/mol. The number of imide groups is 1. The lowest BCUT2D eigenvalue weighted by Gasteiger charge is -2.22. The summed E-state index contributed by atoms with van der Waals surface area (Å²) in [5, 5.41) is 4.24. The number of aryl methyl sites for hydroxylation is 1. The van der Waals surface area contributed by atoms with Crippen LogP contribution in [0.4, 0.5) is 4.79 Å². The second-order valence-electron chi connectivity index (χ2n) is 7.34. The van der Waals surface area contributed by atoms with E-state index in [1.54, 1.807) is 49.4 Å². The van der Waals surface area contributed by atoms with E-state index in [0.717, 1.165) is 0 Å². The highest BCUT2D eigenvalue weighted by Gasteiger charge is 2.49. The fourth-order valence-electron chi connectivity index (χ4n) is 3.35. The molecule has 1 aliphatic rings. The van der Waals surface area contributed by atoms with Crippen LogP contribution in [0.2, 0.25) is 10.0 Å². The Bertz CT molecular complexity index is 1200. The van der Waals surface area contributed by atoms with Gasteiger partial charge < -0.3 is 9.73 Å². The smallest absolute Gasteiger partial charge is 0.344 e. The van der Waals surface area contributed by atoms with Gasteiger partial charge in [-0.05, 0) is 30.7 Å². The Morgan fingerprint density at radius 2 is 1.94 bits per heavy atom. The van der Waals surface area contributed by atoms with E-state index in [1.165, 1.54) is 6.20 Å². The number of carbonyl (C=O) groups excluding carboxylic acids is 3. The van der Waals surface area contributed by atoms with Crippen molar-refractivity contribution in [3.63, 3.8) is 0 Å². The Kier molecular flexibility index (Phi) is 5.90. The molecule has 0 spiro atoms. The molecule has 0 bridgehead atoms. The van der Waals surface area contributed by atoms with E-state index in [4.69, 9.17) is 27.6 Å². The molecule has 32 heavy (non-hydrogen) atoms. The van der Waals surface area contributed by atoms with E-state index in [2.05, 4.69) is 15.7 Å². The fourth-order valence-corrected chi connectivity index (χ4v) is 3.85. The van der Waals surface area contributed by atoms with Gasteiger partial charge in [-0.1, -0.05) is 53.5 Å². The first-order valence-corrected chi connectivity index (χ1v) is 10.5. The predicted octanol–water partition coefficient (Wildman–Crippen LogP) is 4.08. The maximum atomic E-state index is 12.8. The second-order valence-corrected chi connectivity index (χ2v) is 8.18. The van der Waals surface area contributed by atoms with Crippen molar-refractivity contribution in [3.05, 3.63) is 76.2 Å². The lowest BCUT2D eigenvalue weighted by Crippen LogP contribution is -2.48. The van der Waals surface area contributed by atoms with Crippen molar-refractivity contribution in [1.29, 1.82) is 0 Å². The van der Waals surface area contributed by atoms with Gasteiger partial charge in [0, 0.05) is 23.4 Å². The zero-order valence-electron chi connectivity index (χ0n) is 16.9. The molecule has 2 N–H and O–H groups in total. The molecule has 2 heterocycles. The molecule has 8 nitrogen and oxygen atoms in total. The minimum atomic E-state index is -1.26. The van der Waals surface area contributed by atoms with Crippen LogP contribution in [-0.4, -0.2) is 27.8 Å². The van der Waals surface area contributed by atoms with Crippen LogP contribution in [0.15, 0.2) is 59.1 Å². The highest BCUT2D eigenvalue weighted by atomic mass is 35.5. The van der Waals surface area contributed by atoms with Crippen molar-refractivity contribution in [3.8, 4) is 11.3 Å². The van der Waals surface area contributed by atoms with Gasteiger partial charge in [0.15, 0.2) is 11.7 Å². The van der Waals surface area contributed by atoms with Gasteiger partial charge in [0.05, 0.1) is 11.2 Å². The first-order chi connectivity index (χ1) is 15.3. The van der Waals surface area contributed by atoms with Gasteiger partial charge in [-0.15, -0.1) is 0 Å². The van der Waals surface area contributed by atoms with Crippen molar-refractivity contribution < 1.29 is 18.8 Å². The Morgan fingerprint density at radius 3 is 2.66 bits per heavy atom. The molecule has 1 aromatic heterocycles. The Morgan fingerprint density at radius 1 is 1.19 bits per heavy atom. The van der Waals surface area contributed by atoms with Crippen molar-refractivity contribution in [2.45, 2.75) is 25.3 Å². The average molecular weight is 473 g/mol. The summed E-state index contributed by atoms with van der Waals surface area (Å²) in [4.78, 5) is 41.7. The quantitative estimate of drug-likeness (QED) is 0.525. The van der Waals surface area contributed by atoms with Crippen LogP contribution in [0.5, 0.6) is 0 Å². The van der Waals surface area contributed by atoms with Gasteiger partial charge >= 0.3 is 6.03 Å². The lowest BCUT2D eigenvalue weighted by atomic mass is 9.92. The van der Waals surface area contributed by atoms with E-state index in [0.29, 0.717) is 37.8 Å². The number of halogens is 2. The van der Waals surface area contributed by atoms with Gasteiger partial charge in [-0.3, -0.25) is 15.0 Å². The number of aromatic nitrogens is 1. The van der Waals surface area contributed by atoms with Crippen molar-refractivity contribution in [2.24, 2.45) is 0 Å². The summed E-state index contributed by atoms with van der Waals surface area (Å²) in [6, 6.07) is 13.1. The van der Waals surface area contributed by atoms with Crippen LogP contribution in [0.1, 0.15) is 24.8 Å². The molecule has 10 heteroatoms. The summed E-state index contributed by atoms with van der Waals surface area (Å²) < 4.78 is 5.67. The number of nitrogens with zero attached hydrogens (tertiary/aromatic N) is 2. The minimum absolute atomic E-state index is 0.0482. The molecule has 1 fully saturated rings. The number of oxazole rings is 1. The molecular weight excluding hydrogens is 455 g/mol. The Hall–Kier alpha value is -3.36. The molecule has 1 atom stereocenters. The highest BCUT2D eigenvalue weighted by molar-refractivity contribution is 6.36. The van der Waals surface area contributed by atoms with E-state index >= 15 is 0 Å². The van der Waals surface area contributed by atoms with Crippen LogP contribution in [0.25, 0.3) is 11.3 Å². The molecule has 0 aliphatic carbocycles. The Labute approximate surface area is 193 Å². The summed E-state index contributed by atoms with van der Waals surface area (Å²) in [5.41, 5.74) is 2.33. The fraction of sp³-hybridized carbons (Fsp3) is 0.182. The van der Waals surface area contributed by atoms with Crippen molar-refractivity contribution in [1.82, 2.24) is 20.7 Å². The average Bonchev–Trinajstić information content (AvgIpc) is 3.32.